The summed E-state index contributed by atoms with van der Waals surface area (Å²) in [5, 5.41) is 0.684. The lowest BCUT2D eigenvalue weighted by Gasteiger charge is -2.51. The van der Waals surface area contributed by atoms with Gasteiger partial charge in [0.25, 0.3) is 0 Å². The molecule has 0 aromatic carbocycles. The van der Waals surface area contributed by atoms with Gasteiger partial charge in [-0.1, -0.05) is 71.8 Å². The summed E-state index contributed by atoms with van der Waals surface area (Å²) >= 11 is 0. The van der Waals surface area contributed by atoms with Gasteiger partial charge in [-0.25, -0.2) is 0 Å². The molecule has 1 heterocycles. The van der Waals surface area contributed by atoms with Gasteiger partial charge in [-0.05, 0) is 5.04 Å². The van der Waals surface area contributed by atoms with Crippen LogP contribution in [-0.4, -0.2) is 15.2 Å². The van der Waals surface area contributed by atoms with Gasteiger partial charge >= 0.3 is 0 Å². The van der Waals surface area contributed by atoms with Crippen LogP contribution in [0.4, 0.5) is 0 Å². The van der Waals surface area contributed by atoms with Crippen molar-refractivity contribution in [2.45, 2.75) is 76.8 Å². The third-order valence-corrected chi connectivity index (χ3v) is 27.0. The molecule has 84 valence electrons. The van der Waals surface area contributed by atoms with E-state index in [1.807, 2.05) is 0 Å². The first-order valence-electron chi connectivity index (χ1n) is 6.21. The van der Waals surface area contributed by atoms with E-state index >= 15 is 0 Å². The van der Waals surface area contributed by atoms with Crippen LogP contribution in [-0.2, 0) is 0 Å². The predicted molar refractivity (Wildman–Crippen MR) is 72.3 cm³/mol. The molecular weight excluding hydrogens is 200 g/mol. The maximum Gasteiger partial charge on any atom is 0.0468 e. The SMILES string of the molecule is CC1(C)CCCCC[Si](C)(C)[Si]1(C)C. The van der Waals surface area contributed by atoms with Crippen LogP contribution in [0, 0.1) is 0 Å². The average molecular weight is 229 g/mol. The summed E-state index contributed by atoms with van der Waals surface area (Å²) < 4.78 is 0. The Labute approximate surface area is 92.3 Å². The lowest BCUT2D eigenvalue weighted by atomic mass is 10.0. The number of hydrogen-bond acceptors (Lipinski definition) is 0. The molecule has 0 aromatic rings. The molecule has 2 heteroatoms. The second kappa shape index (κ2) is 3.78. The van der Waals surface area contributed by atoms with E-state index in [9.17, 15) is 0 Å². The molecule has 0 aliphatic carbocycles. The van der Waals surface area contributed by atoms with Gasteiger partial charge in [-0.3, -0.25) is 0 Å². The first-order valence-corrected chi connectivity index (χ1v) is 13.4. The van der Waals surface area contributed by atoms with E-state index in [-0.39, 0.29) is 0 Å². The third kappa shape index (κ3) is 2.01. The molecule has 0 atom stereocenters. The summed E-state index contributed by atoms with van der Waals surface area (Å²) in [6.07, 6.45) is 5.98. The fourth-order valence-electron chi connectivity index (χ4n) is 2.85. The normalized spacial score (nSPS) is 30.4. The van der Waals surface area contributed by atoms with Gasteiger partial charge in [0, 0.05) is 15.2 Å². The Balaban J connectivity index is 2.98. The Morgan fingerprint density at radius 2 is 1.43 bits per heavy atom. The molecule has 0 bridgehead atoms. The molecule has 14 heavy (non-hydrogen) atoms. The van der Waals surface area contributed by atoms with Crippen molar-refractivity contribution in [2.75, 3.05) is 0 Å². The maximum atomic E-state index is 2.67. The molecule has 1 fully saturated rings. The molecule has 0 N–H and O–H groups in total. The smallest absolute Gasteiger partial charge is 0.0468 e. The van der Waals surface area contributed by atoms with Crippen molar-refractivity contribution in [1.29, 1.82) is 0 Å². The minimum absolute atomic E-state index is 0.684. The van der Waals surface area contributed by atoms with Gasteiger partial charge in [0.15, 0.2) is 0 Å². The number of rotatable bonds is 0. The van der Waals surface area contributed by atoms with Crippen molar-refractivity contribution in [1.82, 2.24) is 0 Å². The van der Waals surface area contributed by atoms with Gasteiger partial charge in [0.05, 0.1) is 0 Å². The minimum Gasteiger partial charge on any atom is -0.0713 e. The van der Waals surface area contributed by atoms with Crippen LogP contribution in [0.2, 0.25) is 37.3 Å². The topological polar surface area (TPSA) is 0 Å². The highest BCUT2D eigenvalue weighted by atomic mass is 29.3. The van der Waals surface area contributed by atoms with Gasteiger partial charge in [0.2, 0.25) is 0 Å². The largest absolute Gasteiger partial charge is 0.0713 e. The van der Waals surface area contributed by atoms with Crippen molar-refractivity contribution in [3.05, 3.63) is 0 Å². The highest BCUT2D eigenvalue weighted by Gasteiger charge is 2.50. The molecule has 0 radical (unpaired) electrons. The molecule has 0 saturated carbocycles. The fourth-order valence-corrected chi connectivity index (χ4v) is 15.5. The lowest BCUT2D eigenvalue weighted by molar-refractivity contribution is 0.530. The molecule has 1 aliphatic heterocycles. The summed E-state index contributed by atoms with van der Waals surface area (Å²) in [7, 11) is -1.89. The highest BCUT2D eigenvalue weighted by Crippen LogP contribution is 2.49. The van der Waals surface area contributed by atoms with E-state index in [0.29, 0.717) is 5.04 Å². The Bertz CT molecular complexity index is 184. The lowest BCUT2D eigenvalue weighted by Crippen LogP contribution is -2.61. The zero-order valence-corrected chi connectivity index (χ0v) is 13.0. The van der Waals surface area contributed by atoms with Crippen LogP contribution in [0.3, 0.4) is 0 Å². The van der Waals surface area contributed by atoms with Crippen LogP contribution in [0.25, 0.3) is 0 Å². The van der Waals surface area contributed by atoms with E-state index in [1.54, 1.807) is 6.04 Å². The Morgan fingerprint density at radius 3 is 2.00 bits per heavy atom. The predicted octanol–water partition coefficient (Wildman–Crippen LogP) is 4.84. The summed E-state index contributed by atoms with van der Waals surface area (Å²) in [6, 6.07) is 1.59. The average Bonchev–Trinajstić information content (AvgIpc) is 2.01. The summed E-state index contributed by atoms with van der Waals surface area (Å²) in [5.74, 6) is 0. The van der Waals surface area contributed by atoms with E-state index in [1.165, 1.54) is 25.7 Å². The van der Waals surface area contributed by atoms with Crippen molar-refractivity contribution in [3.63, 3.8) is 0 Å². The van der Waals surface area contributed by atoms with E-state index in [0.717, 1.165) is 0 Å². The third-order valence-electron chi connectivity index (χ3n) is 5.49. The van der Waals surface area contributed by atoms with Crippen molar-refractivity contribution in [3.8, 4) is 0 Å². The first kappa shape index (κ1) is 12.5. The van der Waals surface area contributed by atoms with Gasteiger partial charge < -0.3 is 0 Å². The quantitative estimate of drug-likeness (QED) is 0.521. The first-order chi connectivity index (χ1) is 6.21. The molecule has 0 nitrogen and oxygen atoms in total. The van der Waals surface area contributed by atoms with Crippen LogP contribution < -0.4 is 0 Å². The van der Waals surface area contributed by atoms with Crippen LogP contribution in [0.1, 0.15) is 39.5 Å². The van der Waals surface area contributed by atoms with Gasteiger partial charge in [-0.15, -0.1) is 0 Å². The van der Waals surface area contributed by atoms with Crippen molar-refractivity contribution < 1.29 is 0 Å². The van der Waals surface area contributed by atoms with Crippen LogP contribution in [0.15, 0.2) is 0 Å². The van der Waals surface area contributed by atoms with Gasteiger partial charge in [0.1, 0.15) is 0 Å². The Kier molecular flexibility index (Phi) is 3.38. The summed E-state index contributed by atoms with van der Waals surface area (Å²) in [6.45, 7) is 15.8. The van der Waals surface area contributed by atoms with E-state index in [2.05, 4.69) is 40.0 Å². The summed E-state index contributed by atoms with van der Waals surface area (Å²) in [5.41, 5.74) is 0. The summed E-state index contributed by atoms with van der Waals surface area (Å²) in [4.78, 5) is 0. The zero-order chi connectivity index (χ0) is 11.0. The van der Waals surface area contributed by atoms with Crippen molar-refractivity contribution in [2.24, 2.45) is 0 Å². The van der Waals surface area contributed by atoms with Crippen LogP contribution in [0.5, 0.6) is 0 Å². The monoisotopic (exact) mass is 228 g/mol. The standard InChI is InChI=1S/C12H28Si2/c1-12(2)10-8-7-9-11-13(3,4)14(12,5)6/h7-11H2,1-6H3. The molecule has 0 unspecified atom stereocenters. The minimum atomic E-state index is -0.989. The van der Waals surface area contributed by atoms with E-state index in [4.69, 9.17) is 0 Å². The molecule has 1 aliphatic rings. The Morgan fingerprint density at radius 1 is 0.857 bits per heavy atom. The molecule has 0 spiro atoms. The molecule has 1 rings (SSSR count). The molecular formula is C12H28Si2. The Hall–Kier alpha value is 0.434. The zero-order valence-electron chi connectivity index (χ0n) is 11.0. The van der Waals surface area contributed by atoms with Crippen LogP contribution >= 0.6 is 0 Å². The highest BCUT2D eigenvalue weighted by molar-refractivity contribution is 7.41. The maximum absolute atomic E-state index is 2.67. The molecule has 0 aromatic heterocycles. The van der Waals surface area contributed by atoms with Gasteiger partial charge in [-0.2, -0.15) is 0 Å². The number of hydrogen-bond donors (Lipinski definition) is 0. The molecule has 1 saturated heterocycles. The second-order valence-electron chi connectivity index (χ2n) is 6.95. The second-order valence-corrected chi connectivity index (χ2v) is 23.6. The fraction of sp³-hybridized carbons (Fsp3) is 1.00. The van der Waals surface area contributed by atoms with E-state index < -0.39 is 15.2 Å². The van der Waals surface area contributed by atoms with Crippen molar-refractivity contribution >= 4 is 15.2 Å². The molecule has 0 amide bonds.